The van der Waals surface area contributed by atoms with Crippen molar-refractivity contribution in [3.63, 3.8) is 0 Å². The van der Waals surface area contributed by atoms with Crippen molar-refractivity contribution >= 4 is 11.7 Å². The van der Waals surface area contributed by atoms with Gasteiger partial charge in [0.1, 0.15) is 5.82 Å². The number of rotatable bonds is 5. The molecule has 0 aromatic heterocycles. The highest BCUT2D eigenvalue weighted by Gasteiger charge is 2.15. The molecule has 0 bridgehead atoms. The van der Waals surface area contributed by atoms with Crippen molar-refractivity contribution in [1.29, 1.82) is 0 Å². The summed E-state index contributed by atoms with van der Waals surface area (Å²) in [5.74, 6) is -1.70. The molecule has 0 saturated heterocycles. The lowest BCUT2D eigenvalue weighted by Crippen LogP contribution is -2.17. The van der Waals surface area contributed by atoms with Crippen molar-refractivity contribution in [3.05, 3.63) is 42.2 Å². The summed E-state index contributed by atoms with van der Waals surface area (Å²) < 4.78 is 13.5. The Morgan fingerprint density at radius 2 is 2.38 bits per heavy atom. The Bertz CT molecular complexity index is 404. The van der Waals surface area contributed by atoms with E-state index in [0.29, 0.717) is 6.42 Å². The largest absolute Gasteiger partial charge is 0.478 e. The van der Waals surface area contributed by atoms with Gasteiger partial charge in [-0.05, 0) is 25.5 Å². The molecule has 4 heteroatoms. The first-order chi connectivity index (χ1) is 7.56. The fourth-order valence-corrected chi connectivity index (χ4v) is 1.40. The number of para-hydroxylation sites is 1. The Labute approximate surface area is 93.6 Å². The molecule has 3 nitrogen and oxygen atoms in total. The third kappa shape index (κ3) is 2.82. The molecular formula is C12H14FNO2. The van der Waals surface area contributed by atoms with E-state index >= 15 is 0 Å². The van der Waals surface area contributed by atoms with Gasteiger partial charge < -0.3 is 10.4 Å². The Morgan fingerprint density at radius 1 is 1.69 bits per heavy atom. The molecule has 16 heavy (non-hydrogen) atoms. The lowest BCUT2D eigenvalue weighted by Gasteiger charge is -2.15. The van der Waals surface area contributed by atoms with E-state index < -0.39 is 11.8 Å². The van der Waals surface area contributed by atoms with Gasteiger partial charge in [-0.3, -0.25) is 0 Å². The summed E-state index contributed by atoms with van der Waals surface area (Å²) in [5.41, 5.74) is -0.0275. The average molecular weight is 223 g/mol. The zero-order chi connectivity index (χ0) is 12.1. The Balaban J connectivity index is 3.01. The second kappa shape index (κ2) is 5.30. The molecule has 0 saturated carbocycles. The number of anilines is 1. The van der Waals surface area contributed by atoms with Crippen molar-refractivity contribution in [2.75, 3.05) is 5.32 Å². The minimum Gasteiger partial charge on any atom is -0.478 e. The number of aromatic carboxylic acids is 1. The first kappa shape index (κ1) is 12.2. The molecule has 0 fully saturated rings. The van der Waals surface area contributed by atoms with Gasteiger partial charge in [0.15, 0.2) is 0 Å². The van der Waals surface area contributed by atoms with Gasteiger partial charge in [-0.15, -0.1) is 6.58 Å². The van der Waals surface area contributed by atoms with Crippen LogP contribution in [0.25, 0.3) is 0 Å². The SMILES string of the molecule is C=CCC(C)Nc1c(F)cccc1C(=O)O. The summed E-state index contributed by atoms with van der Waals surface area (Å²) >= 11 is 0. The van der Waals surface area contributed by atoms with Gasteiger partial charge in [0.05, 0.1) is 11.3 Å². The molecular weight excluding hydrogens is 209 g/mol. The molecule has 0 spiro atoms. The van der Waals surface area contributed by atoms with Crippen LogP contribution < -0.4 is 5.32 Å². The third-order valence-electron chi connectivity index (χ3n) is 2.15. The van der Waals surface area contributed by atoms with Gasteiger partial charge in [-0.2, -0.15) is 0 Å². The number of carboxylic acid groups (broad SMARTS) is 1. The number of hydrogen-bond acceptors (Lipinski definition) is 2. The van der Waals surface area contributed by atoms with Crippen molar-refractivity contribution in [2.24, 2.45) is 0 Å². The molecule has 2 N–H and O–H groups in total. The first-order valence-corrected chi connectivity index (χ1v) is 4.95. The predicted molar refractivity (Wildman–Crippen MR) is 61.3 cm³/mol. The van der Waals surface area contributed by atoms with Gasteiger partial charge >= 0.3 is 5.97 Å². The van der Waals surface area contributed by atoms with E-state index in [1.165, 1.54) is 18.2 Å². The molecule has 0 aliphatic rings. The molecule has 0 aliphatic heterocycles. The van der Waals surface area contributed by atoms with Crippen LogP contribution >= 0.6 is 0 Å². The summed E-state index contributed by atoms with van der Waals surface area (Å²) in [6.45, 7) is 5.41. The van der Waals surface area contributed by atoms with Crippen molar-refractivity contribution in [1.82, 2.24) is 0 Å². The normalized spacial score (nSPS) is 11.9. The van der Waals surface area contributed by atoms with E-state index in [1.807, 2.05) is 6.92 Å². The van der Waals surface area contributed by atoms with Crippen LogP contribution in [0.1, 0.15) is 23.7 Å². The Kier molecular flexibility index (Phi) is 4.05. The van der Waals surface area contributed by atoms with Crippen LogP contribution in [-0.2, 0) is 0 Å². The fraction of sp³-hybridized carbons (Fsp3) is 0.250. The van der Waals surface area contributed by atoms with E-state index in [9.17, 15) is 9.18 Å². The summed E-state index contributed by atoms with van der Waals surface area (Å²) in [7, 11) is 0. The minimum atomic E-state index is -1.15. The zero-order valence-electron chi connectivity index (χ0n) is 9.03. The van der Waals surface area contributed by atoms with Gasteiger partial charge in [0.2, 0.25) is 0 Å². The predicted octanol–water partition coefficient (Wildman–Crippen LogP) is 2.90. The van der Waals surface area contributed by atoms with E-state index in [1.54, 1.807) is 6.08 Å². The highest BCUT2D eigenvalue weighted by atomic mass is 19.1. The van der Waals surface area contributed by atoms with Crippen LogP contribution in [0.5, 0.6) is 0 Å². The molecule has 1 aromatic carbocycles. The monoisotopic (exact) mass is 223 g/mol. The maximum atomic E-state index is 13.5. The average Bonchev–Trinajstić information content (AvgIpc) is 2.21. The summed E-state index contributed by atoms with van der Waals surface area (Å²) in [4.78, 5) is 10.9. The molecule has 1 aromatic rings. The number of carbonyl (C=O) groups is 1. The molecule has 0 heterocycles. The van der Waals surface area contributed by atoms with Crippen LogP contribution in [0.2, 0.25) is 0 Å². The summed E-state index contributed by atoms with van der Waals surface area (Å²) in [6, 6.07) is 3.92. The molecule has 86 valence electrons. The fourth-order valence-electron chi connectivity index (χ4n) is 1.40. The van der Waals surface area contributed by atoms with Gasteiger partial charge in [0.25, 0.3) is 0 Å². The third-order valence-corrected chi connectivity index (χ3v) is 2.15. The summed E-state index contributed by atoms with van der Waals surface area (Å²) in [6.07, 6.45) is 2.33. The second-order valence-corrected chi connectivity index (χ2v) is 3.54. The number of hydrogen-bond donors (Lipinski definition) is 2. The van der Waals surface area contributed by atoms with Crippen LogP contribution in [0, 0.1) is 5.82 Å². The number of halogens is 1. The van der Waals surface area contributed by atoms with Crippen LogP contribution in [-0.4, -0.2) is 17.1 Å². The maximum Gasteiger partial charge on any atom is 0.337 e. The maximum absolute atomic E-state index is 13.5. The highest BCUT2D eigenvalue weighted by Crippen LogP contribution is 2.21. The summed E-state index contributed by atoms with van der Waals surface area (Å²) in [5, 5.41) is 11.7. The quantitative estimate of drug-likeness (QED) is 0.754. The van der Waals surface area contributed by atoms with E-state index in [4.69, 9.17) is 5.11 Å². The van der Waals surface area contributed by atoms with Crippen LogP contribution in [0.15, 0.2) is 30.9 Å². The van der Waals surface area contributed by atoms with Gasteiger partial charge in [-0.25, -0.2) is 9.18 Å². The Morgan fingerprint density at radius 3 is 2.94 bits per heavy atom. The van der Waals surface area contributed by atoms with Gasteiger partial charge in [0, 0.05) is 6.04 Å². The lowest BCUT2D eigenvalue weighted by molar-refractivity contribution is 0.0697. The molecule has 1 unspecified atom stereocenters. The lowest BCUT2D eigenvalue weighted by atomic mass is 10.1. The molecule has 0 radical (unpaired) electrons. The van der Waals surface area contributed by atoms with Crippen LogP contribution in [0.4, 0.5) is 10.1 Å². The van der Waals surface area contributed by atoms with Crippen LogP contribution in [0.3, 0.4) is 0 Å². The minimum absolute atomic E-state index is 0.0318. The number of nitrogens with one attached hydrogen (secondary N) is 1. The standard InChI is InChI=1S/C12H14FNO2/c1-3-5-8(2)14-11-9(12(15)16)6-4-7-10(11)13/h3-4,6-8,14H,1,5H2,2H3,(H,15,16). The highest BCUT2D eigenvalue weighted by molar-refractivity contribution is 5.94. The van der Waals surface area contributed by atoms with Crippen molar-refractivity contribution in [2.45, 2.75) is 19.4 Å². The van der Waals surface area contributed by atoms with Crippen molar-refractivity contribution < 1.29 is 14.3 Å². The second-order valence-electron chi connectivity index (χ2n) is 3.54. The smallest absolute Gasteiger partial charge is 0.337 e. The number of carboxylic acids is 1. The number of benzene rings is 1. The molecule has 0 amide bonds. The molecule has 1 rings (SSSR count). The van der Waals surface area contributed by atoms with Gasteiger partial charge in [-0.1, -0.05) is 12.1 Å². The van der Waals surface area contributed by atoms with Crippen molar-refractivity contribution in [3.8, 4) is 0 Å². The van der Waals surface area contributed by atoms with E-state index in [2.05, 4.69) is 11.9 Å². The zero-order valence-corrected chi connectivity index (χ0v) is 9.03. The van der Waals surface area contributed by atoms with E-state index in [-0.39, 0.29) is 17.3 Å². The first-order valence-electron chi connectivity index (χ1n) is 4.95. The topological polar surface area (TPSA) is 49.3 Å². The Hall–Kier alpha value is -1.84. The van der Waals surface area contributed by atoms with E-state index in [0.717, 1.165) is 0 Å². The molecule has 1 atom stereocenters. The molecule has 0 aliphatic carbocycles.